The van der Waals surface area contributed by atoms with Crippen LogP contribution in [0.2, 0.25) is 5.02 Å². The van der Waals surface area contributed by atoms with Crippen LogP contribution in [-0.4, -0.2) is 40.6 Å². The molecule has 0 radical (unpaired) electrons. The van der Waals surface area contributed by atoms with Gasteiger partial charge in [-0.3, -0.25) is 4.90 Å². The van der Waals surface area contributed by atoms with E-state index in [2.05, 4.69) is 70.5 Å². The Morgan fingerprint density at radius 3 is 2.03 bits per heavy atom. The van der Waals surface area contributed by atoms with Crippen LogP contribution in [0.25, 0.3) is 0 Å². The monoisotopic (exact) mass is 499 g/mol. The third kappa shape index (κ3) is 4.95. The summed E-state index contributed by atoms with van der Waals surface area (Å²) < 4.78 is 7.09. The molecular weight excluding hydrogens is 470 g/mol. The van der Waals surface area contributed by atoms with Gasteiger partial charge in [-0.15, -0.1) is 0 Å². The maximum Gasteiger partial charge on any atom is 0.358 e. The van der Waals surface area contributed by atoms with Gasteiger partial charge in [0, 0.05) is 23.5 Å². The second kappa shape index (κ2) is 10.7. The molecule has 36 heavy (non-hydrogen) atoms. The normalized spacial score (nSPS) is 15.5. The van der Waals surface area contributed by atoms with E-state index in [1.165, 1.54) is 18.2 Å². The summed E-state index contributed by atoms with van der Waals surface area (Å²) in [4.78, 5) is 19.4. The van der Waals surface area contributed by atoms with Crippen molar-refractivity contribution in [3.63, 3.8) is 0 Å². The number of esters is 1. The zero-order chi connectivity index (χ0) is 25.0. The third-order valence-electron chi connectivity index (χ3n) is 7.33. The highest BCUT2D eigenvalue weighted by molar-refractivity contribution is 6.30. The number of methoxy groups -OCH3 is 1. The number of rotatable bonds is 7. The van der Waals surface area contributed by atoms with Crippen LogP contribution in [0.4, 0.5) is 0 Å². The summed E-state index contributed by atoms with van der Waals surface area (Å²) in [6, 6.07) is 29.4. The lowest BCUT2D eigenvalue weighted by atomic mass is 9.68. The summed E-state index contributed by atoms with van der Waals surface area (Å²) in [7, 11) is 1.40. The third-order valence-corrected chi connectivity index (χ3v) is 7.58. The first-order valence-electron chi connectivity index (χ1n) is 12.3. The summed E-state index contributed by atoms with van der Waals surface area (Å²) in [6.45, 7) is 3.08. The van der Waals surface area contributed by atoms with Crippen molar-refractivity contribution in [2.45, 2.75) is 31.3 Å². The van der Waals surface area contributed by atoms with Crippen LogP contribution in [0.15, 0.2) is 91.3 Å². The Kier molecular flexibility index (Phi) is 7.21. The number of halogens is 1. The summed E-state index contributed by atoms with van der Waals surface area (Å²) in [5.74, 6) is -0.403. The lowest BCUT2D eigenvalue weighted by Gasteiger charge is -2.43. The van der Waals surface area contributed by atoms with E-state index in [0.717, 1.165) is 37.2 Å². The Hall–Kier alpha value is -3.41. The van der Waals surface area contributed by atoms with E-state index >= 15 is 0 Å². The number of piperidine rings is 1. The molecule has 0 amide bonds. The molecule has 1 aliphatic rings. The van der Waals surface area contributed by atoms with Crippen LogP contribution in [0.3, 0.4) is 0 Å². The van der Waals surface area contributed by atoms with E-state index in [4.69, 9.17) is 16.3 Å². The zero-order valence-corrected chi connectivity index (χ0v) is 21.2. The quantitative estimate of drug-likeness (QED) is 0.295. The second-order valence-electron chi connectivity index (χ2n) is 9.38. The molecule has 6 heteroatoms. The first-order valence-corrected chi connectivity index (χ1v) is 12.7. The molecule has 2 heterocycles. The largest absolute Gasteiger partial charge is 0.464 e. The van der Waals surface area contributed by atoms with Crippen molar-refractivity contribution in [2.75, 3.05) is 20.2 Å². The van der Waals surface area contributed by atoms with E-state index in [1.807, 2.05) is 28.8 Å². The maximum absolute atomic E-state index is 12.5. The van der Waals surface area contributed by atoms with Gasteiger partial charge in [-0.1, -0.05) is 84.4 Å². The van der Waals surface area contributed by atoms with Gasteiger partial charge >= 0.3 is 5.97 Å². The van der Waals surface area contributed by atoms with Gasteiger partial charge in [0.05, 0.1) is 19.1 Å². The number of imidazole rings is 1. The van der Waals surface area contributed by atoms with Gasteiger partial charge in [0.2, 0.25) is 0 Å². The van der Waals surface area contributed by atoms with Crippen molar-refractivity contribution >= 4 is 17.6 Å². The average molecular weight is 500 g/mol. The van der Waals surface area contributed by atoms with Crippen molar-refractivity contribution in [1.82, 2.24) is 14.5 Å². The van der Waals surface area contributed by atoms with E-state index in [0.29, 0.717) is 23.8 Å². The molecule has 0 aliphatic carbocycles. The molecule has 0 bridgehead atoms. The number of ether oxygens (including phenoxy) is 1. The number of benzene rings is 3. The minimum Gasteiger partial charge on any atom is -0.464 e. The van der Waals surface area contributed by atoms with E-state index in [1.54, 1.807) is 6.33 Å². The number of aromatic nitrogens is 2. The molecule has 5 rings (SSSR count). The van der Waals surface area contributed by atoms with Crippen molar-refractivity contribution < 1.29 is 9.53 Å². The molecule has 0 unspecified atom stereocenters. The molecule has 0 N–H and O–H groups in total. The number of hydrogen-bond acceptors (Lipinski definition) is 4. The molecule has 0 saturated carbocycles. The van der Waals surface area contributed by atoms with Gasteiger partial charge < -0.3 is 9.30 Å². The Balaban J connectivity index is 1.39. The highest BCUT2D eigenvalue weighted by Gasteiger charge is 2.38. The predicted molar refractivity (Wildman–Crippen MR) is 142 cm³/mol. The Morgan fingerprint density at radius 1 is 0.889 bits per heavy atom. The number of likely N-dealkylation sites (tertiary alicyclic amines) is 1. The highest BCUT2D eigenvalue weighted by Crippen LogP contribution is 2.42. The van der Waals surface area contributed by atoms with Crippen molar-refractivity contribution in [1.29, 1.82) is 0 Å². The Morgan fingerprint density at radius 2 is 1.47 bits per heavy atom. The minimum atomic E-state index is -0.403. The smallest absolute Gasteiger partial charge is 0.358 e. The van der Waals surface area contributed by atoms with E-state index in [-0.39, 0.29) is 5.41 Å². The van der Waals surface area contributed by atoms with E-state index < -0.39 is 5.97 Å². The summed E-state index contributed by atoms with van der Waals surface area (Å²) in [5, 5.41) is 0.702. The lowest BCUT2D eigenvalue weighted by Crippen LogP contribution is -2.43. The lowest BCUT2D eigenvalue weighted by molar-refractivity contribution is 0.0590. The number of carbonyl (C=O) groups excluding carboxylic acids is 1. The van der Waals surface area contributed by atoms with Crippen LogP contribution < -0.4 is 0 Å². The fraction of sp³-hybridized carbons (Fsp3) is 0.267. The standard InChI is InChI=1S/C30H30ClN3O2/c1-36-29(35)28-27(34(22-32-28)20-23-12-14-26(31)15-13-23)21-33-18-16-30(17-19-33,24-8-4-2-5-9-24)25-10-6-3-7-11-25/h2-15,22H,16-21H2,1H3. The van der Waals surface area contributed by atoms with Gasteiger partial charge in [0.15, 0.2) is 5.69 Å². The first kappa shape index (κ1) is 24.3. The fourth-order valence-corrected chi connectivity index (χ4v) is 5.45. The van der Waals surface area contributed by atoms with Crippen molar-refractivity contribution in [3.8, 4) is 0 Å². The Labute approximate surface area is 217 Å². The molecule has 5 nitrogen and oxygen atoms in total. The first-order chi connectivity index (χ1) is 17.6. The van der Waals surface area contributed by atoms with Crippen LogP contribution >= 0.6 is 11.6 Å². The van der Waals surface area contributed by atoms with E-state index in [9.17, 15) is 4.79 Å². The van der Waals surface area contributed by atoms with Gasteiger partial charge in [0.25, 0.3) is 0 Å². The predicted octanol–water partition coefficient (Wildman–Crippen LogP) is 5.95. The molecule has 1 fully saturated rings. The zero-order valence-electron chi connectivity index (χ0n) is 20.4. The van der Waals surface area contributed by atoms with Gasteiger partial charge in [-0.2, -0.15) is 0 Å². The molecule has 0 atom stereocenters. The molecule has 184 valence electrons. The molecular formula is C30H30ClN3O2. The summed E-state index contributed by atoms with van der Waals surface area (Å²) >= 11 is 6.06. The van der Waals surface area contributed by atoms with Crippen LogP contribution in [0.1, 0.15) is 45.7 Å². The Bertz CT molecular complexity index is 1250. The van der Waals surface area contributed by atoms with Crippen molar-refractivity contribution in [3.05, 3.63) is 124 Å². The SMILES string of the molecule is COC(=O)c1ncn(Cc2ccc(Cl)cc2)c1CN1CCC(c2ccccc2)(c2ccccc2)CC1. The molecule has 3 aromatic carbocycles. The van der Waals surface area contributed by atoms with Crippen LogP contribution in [0.5, 0.6) is 0 Å². The molecule has 1 saturated heterocycles. The fourth-order valence-electron chi connectivity index (χ4n) is 5.33. The molecule has 0 spiro atoms. The summed E-state index contributed by atoms with van der Waals surface area (Å²) in [6.07, 6.45) is 3.73. The number of nitrogens with zero attached hydrogens (tertiary/aromatic N) is 3. The van der Waals surface area contributed by atoms with Gasteiger partial charge in [-0.05, 0) is 54.8 Å². The van der Waals surface area contributed by atoms with Crippen molar-refractivity contribution in [2.24, 2.45) is 0 Å². The number of hydrogen-bond donors (Lipinski definition) is 0. The van der Waals surface area contributed by atoms with Gasteiger partial charge in [0.1, 0.15) is 0 Å². The molecule has 1 aliphatic heterocycles. The topological polar surface area (TPSA) is 47.4 Å². The molecule has 1 aromatic heterocycles. The van der Waals surface area contributed by atoms with Gasteiger partial charge in [-0.25, -0.2) is 9.78 Å². The second-order valence-corrected chi connectivity index (χ2v) is 9.81. The number of carbonyl (C=O) groups is 1. The summed E-state index contributed by atoms with van der Waals surface area (Å²) in [5.41, 5.74) is 5.06. The van der Waals surface area contributed by atoms with Crippen LogP contribution in [-0.2, 0) is 23.2 Å². The average Bonchev–Trinajstić information content (AvgIpc) is 3.32. The molecule has 4 aromatic rings. The highest BCUT2D eigenvalue weighted by atomic mass is 35.5. The maximum atomic E-state index is 12.5. The van der Waals surface area contributed by atoms with Crippen LogP contribution in [0, 0.1) is 0 Å². The minimum absolute atomic E-state index is 0.0201.